The summed E-state index contributed by atoms with van der Waals surface area (Å²) in [6.45, 7) is 2.02. The molecule has 0 aliphatic carbocycles. The molecule has 2 nitrogen and oxygen atoms in total. The van der Waals surface area contributed by atoms with Crippen molar-refractivity contribution in [1.82, 2.24) is 0 Å². The highest BCUT2D eigenvalue weighted by molar-refractivity contribution is 9.10. The molecule has 0 aliphatic heterocycles. The monoisotopic (exact) mass is 332 g/mol. The van der Waals surface area contributed by atoms with Gasteiger partial charge in [0.15, 0.2) is 0 Å². The fraction of sp³-hybridized carbons (Fsp3) is 0.188. The summed E-state index contributed by atoms with van der Waals surface area (Å²) >= 11 is 3.40. The van der Waals surface area contributed by atoms with Crippen molar-refractivity contribution in [2.45, 2.75) is 19.4 Å². The topological polar surface area (TPSA) is 35.8 Å². The van der Waals surface area contributed by atoms with E-state index in [-0.39, 0.29) is 11.9 Å². The van der Waals surface area contributed by atoms with E-state index in [1.165, 1.54) is 12.1 Å². The lowest BCUT2D eigenvalue weighted by atomic mass is 10.0. The molecule has 0 amide bonds. The van der Waals surface area contributed by atoms with Gasteiger partial charge in [0.1, 0.15) is 11.9 Å². The van der Waals surface area contributed by atoms with Gasteiger partial charge in [-0.3, -0.25) is 0 Å². The number of hydrogen-bond acceptors (Lipinski definition) is 2. The van der Waals surface area contributed by atoms with Gasteiger partial charge in [-0.25, -0.2) is 4.39 Å². The smallest absolute Gasteiger partial charge is 0.123 e. The maximum absolute atomic E-state index is 13.3. The molecule has 0 heterocycles. The van der Waals surface area contributed by atoms with Crippen LogP contribution in [-0.2, 0) is 0 Å². The Balaban J connectivity index is 2.31. The zero-order chi connectivity index (χ0) is 14.5. The molecule has 0 fully saturated rings. The van der Waals surface area contributed by atoms with Gasteiger partial charge in [0.05, 0.1) is 17.3 Å². The van der Waals surface area contributed by atoms with E-state index in [0.717, 1.165) is 22.1 Å². The maximum Gasteiger partial charge on any atom is 0.123 e. The van der Waals surface area contributed by atoms with Crippen LogP contribution in [0, 0.1) is 17.1 Å². The summed E-state index contributed by atoms with van der Waals surface area (Å²) in [4.78, 5) is 0. The van der Waals surface area contributed by atoms with Crippen molar-refractivity contribution >= 4 is 21.6 Å². The molecular formula is C16H14BrFN2. The average molecular weight is 333 g/mol. The molecule has 1 atom stereocenters. The van der Waals surface area contributed by atoms with Crippen molar-refractivity contribution in [3.63, 3.8) is 0 Å². The Morgan fingerprint density at radius 3 is 2.75 bits per heavy atom. The number of nitrogens with one attached hydrogen (secondary N) is 1. The van der Waals surface area contributed by atoms with Gasteiger partial charge >= 0.3 is 0 Å². The van der Waals surface area contributed by atoms with Crippen LogP contribution in [0.15, 0.2) is 46.9 Å². The highest BCUT2D eigenvalue weighted by Crippen LogP contribution is 2.27. The van der Waals surface area contributed by atoms with Crippen molar-refractivity contribution in [1.29, 1.82) is 5.26 Å². The van der Waals surface area contributed by atoms with Gasteiger partial charge in [0.25, 0.3) is 0 Å². The van der Waals surface area contributed by atoms with Crippen LogP contribution in [0.2, 0.25) is 0 Å². The number of nitriles is 1. The van der Waals surface area contributed by atoms with Crippen LogP contribution in [0.4, 0.5) is 10.1 Å². The van der Waals surface area contributed by atoms with Gasteiger partial charge in [-0.1, -0.05) is 35.0 Å². The van der Waals surface area contributed by atoms with Crippen LogP contribution >= 0.6 is 15.9 Å². The molecule has 0 saturated carbocycles. The lowest BCUT2D eigenvalue weighted by Gasteiger charge is -2.20. The van der Waals surface area contributed by atoms with E-state index in [0.29, 0.717) is 5.56 Å². The van der Waals surface area contributed by atoms with E-state index in [1.807, 2.05) is 25.1 Å². The second kappa shape index (κ2) is 6.53. The highest BCUT2D eigenvalue weighted by atomic mass is 79.9. The number of hydrogen-bond donors (Lipinski definition) is 1. The summed E-state index contributed by atoms with van der Waals surface area (Å²) < 4.78 is 14.2. The summed E-state index contributed by atoms with van der Waals surface area (Å²) in [5.41, 5.74) is 2.19. The predicted octanol–water partition coefficient (Wildman–Crippen LogP) is 5.02. The second-order valence-corrected chi connectivity index (χ2v) is 5.38. The van der Waals surface area contributed by atoms with Gasteiger partial charge in [0, 0.05) is 4.47 Å². The first-order valence-electron chi connectivity index (χ1n) is 6.35. The quantitative estimate of drug-likeness (QED) is 0.852. The van der Waals surface area contributed by atoms with E-state index >= 15 is 0 Å². The van der Waals surface area contributed by atoms with Crippen LogP contribution in [-0.4, -0.2) is 0 Å². The third-order valence-electron chi connectivity index (χ3n) is 3.09. The normalized spacial score (nSPS) is 11.7. The van der Waals surface area contributed by atoms with Gasteiger partial charge in [-0.15, -0.1) is 0 Å². The average Bonchev–Trinajstić information content (AvgIpc) is 2.45. The number of benzene rings is 2. The number of halogens is 2. The third-order valence-corrected chi connectivity index (χ3v) is 3.58. The first-order chi connectivity index (χ1) is 9.63. The lowest BCUT2D eigenvalue weighted by Crippen LogP contribution is -2.11. The van der Waals surface area contributed by atoms with Gasteiger partial charge < -0.3 is 5.32 Å². The lowest BCUT2D eigenvalue weighted by molar-refractivity contribution is 0.621. The molecule has 0 aliphatic rings. The van der Waals surface area contributed by atoms with E-state index in [1.54, 1.807) is 12.1 Å². The first kappa shape index (κ1) is 14.5. The first-order valence-corrected chi connectivity index (χ1v) is 7.15. The molecule has 102 valence electrons. The fourth-order valence-electron chi connectivity index (χ4n) is 2.07. The summed E-state index contributed by atoms with van der Waals surface area (Å²) in [7, 11) is 0. The van der Waals surface area contributed by atoms with E-state index in [2.05, 4.69) is 27.3 Å². The van der Waals surface area contributed by atoms with Crippen LogP contribution < -0.4 is 5.32 Å². The van der Waals surface area contributed by atoms with Crippen molar-refractivity contribution in [2.24, 2.45) is 0 Å². The minimum absolute atomic E-state index is 0.0351. The summed E-state index contributed by atoms with van der Waals surface area (Å²) in [5.74, 6) is -0.252. The molecule has 0 bridgehead atoms. The Morgan fingerprint density at radius 2 is 2.10 bits per heavy atom. The molecule has 0 radical (unpaired) electrons. The van der Waals surface area contributed by atoms with E-state index in [9.17, 15) is 4.39 Å². The highest BCUT2D eigenvalue weighted by Gasteiger charge is 2.12. The van der Waals surface area contributed by atoms with Crippen LogP contribution in [0.3, 0.4) is 0 Å². The molecule has 0 aromatic heterocycles. The van der Waals surface area contributed by atoms with Gasteiger partial charge in [0.2, 0.25) is 0 Å². The molecule has 1 N–H and O–H groups in total. The fourth-order valence-corrected chi connectivity index (χ4v) is 2.43. The standard InChI is InChI=1S/C16H14BrFN2/c1-2-15(11-4-3-5-14(18)8-11)20-16-9-13(17)7-6-12(16)10-19/h3-9,15,20H,2H2,1H3. The summed E-state index contributed by atoms with van der Waals surface area (Å²) in [5, 5.41) is 12.5. The maximum atomic E-state index is 13.3. The number of nitrogens with zero attached hydrogens (tertiary/aromatic N) is 1. The number of rotatable bonds is 4. The molecule has 20 heavy (non-hydrogen) atoms. The predicted molar refractivity (Wildman–Crippen MR) is 81.9 cm³/mol. The largest absolute Gasteiger partial charge is 0.377 e. The van der Waals surface area contributed by atoms with Crippen molar-refractivity contribution < 1.29 is 4.39 Å². The zero-order valence-corrected chi connectivity index (χ0v) is 12.6. The minimum Gasteiger partial charge on any atom is -0.377 e. The molecule has 2 aromatic carbocycles. The van der Waals surface area contributed by atoms with E-state index < -0.39 is 0 Å². The van der Waals surface area contributed by atoms with E-state index in [4.69, 9.17) is 5.26 Å². The summed E-state index contributed by atoms with van der Waals surface area (Å²) in [6.07, 6.45) is 0.792. The molecule has 1 unspecified atom stereocenters. The van der Waals surface area contributed by atoms with Crippen LogP contribution in [0.1, 0.15) is 30.5 Å². The van der Waals surface area contributed by atoms with Crippen molar-refractivity contribution in [3.05, 3.63) is 63.9 Å². The van der Waals surface area contributed by atoms with Crippen molar-refractivity contribution in [3.8, 4) is 6.07 Å². The zero-order valence-electron chi connectivity index (χ0n) is 11.0. The van der Waals surface area contributed by atoms with Gasteiger partial charge in [-0.05, 0) is 42.3 Å². The SMILES string of the molecule is CCC(Nc1cc(Br)ccc1C#N)c1cccc(F)c1. The van der Waals surface area contributed by atoms with Crippen LogP contribution in [0.5, 0.6) is 0 Å². The Labute approximate surface area is 126 Å². The molecule has 2 aromatic rings. The minimum atomic E-state index is -0.252. The molecule has 0 saturated heterocycles. The summed E-state index contributed by atoms with van der Waals surface area (Å²) in [6, 6.07) is 14.1. The molecule has 2 rings (SSSR count). The van der Waals surface area contributed by atoms with Crippen molar-refractivity contribution in [2.75, 3.05) is 5.32 Å². The molecular weight excluding hydrogens is 319 g/mol. The number of anilines is 1. The Morgan fingerprint density at radius 1 is 1.30 bits per heavy atom. The molecule has 0 spiro atoms. The Hall–Kier alpha value is -1.86. The van der Waals surface area contributed by atoms with Gasteiger partial charge in [-0.2, -0.15) is 5.26 Å². The Bertz CT molecular complexity index is 649. The third kappa shape index (κ3) is 3.37. The molecule has 4 heteroatoms. The second-order valence-electron chi connectivity index (χ2n) is 4.46. The Kier molecular flexibility index (Phi) is 4.75. The van der Waals surface area contributed by atoms with Crippen LogP contribution in [0.25, 0.3) is 0 Å².